The SMILES string of the molecule is O=S(=O)([O-])c1ccc(Cl)cc1.O=S(=O)([O-])c1ccc(Cl)cc1.O=S(=O)([O-])c1ccc(Cl)cc1.[Au+3]. The fraction of sp³-hybridized carbons (Fsp3) is 0. The van der Waals surface area contributed by atoms with E-state index in [2.05, 4.69) is 0 Å². The van der Waals surface area contributed by atoms with E-state index in [-0.39, 0.29) is 37.1 Å². The molecule has 0 fully saturated rings. The van der Waals surface area contributed by atoms with Crippen LogP contribution in [0, 0.1) is 0 Å². The number of halogens is 3. The second-order valence-electron chi connectivity index (χ2n) is 5.72. The third-order valence-corrected chi connectivity index (χ3v) is 6.61. The Morgan fingerprint density at radius 1 is 0.412 bits per heavy atom. The molecule has 16 heteroatoms. The Morgan fingerprint density at radius 2 is 0.559 bits per heavy atom. The summed E-state index contributed by atoms with van der Waals surface area (Å²) in [4.78, 5) is -0.786. The first-order chi connectivity index (χ1) is 15.0. The molecule has 0 atom stereocenters. The summed E-state index contributed by atoms with van der Waals surface area (Å²) in [5.41, 5.74) is 0. The fourth-order valence-corrected chi connectivity index (χ4v) is 3.59. The van der Waals surface area contributed by atoms with Crippen LogP contribution in [0.2, 0.25) is 15.1 Å². The Hall–Kier alpha value is -1.000. The van der Waals surface area contributed by atoms with Gasteiger partial charge in [-0.05, 0) is 72.8 Å². The number of benzene rings is 3. The molecule has 0 amide bonds. The van der Waals surface area contributed by atoms with Crippen molar-refractivity contribution < 1.29 is 61.3 Å². The Kier molecular flexibility index (Phi) is 13.5. The topological polar surface area (TPSA) is 172 Å². The largest absolute Gasteiger partial charge is 3.00 e. The van der Waals surface area contributed by atoms with Gasteiger partial charge in [-0.1, -0.05) is 34.8 Å². The minimum absolute atomic E-state index is 0. The van der Waals surface area contributed by atoms with Crippen molar-refractivity contribution >= 4 is 65.2 Å². The molecule has 188 valence electrons. The first-order valence-corrected chi connectivity index (χ1v) is 13.5. The molecular formula is C18H12AuCl3O9S3. The molecule has 0 aliphatic rings. The van der Waals surface area contributed by atoms with Crippen LogP contribution in [-0.2, 0) is 52.7 Å². The van der Waals surface area contributed by atoms with Crippen LogP contribution in [0.15, 0.2) is 87.5 Å². The van der Waals surface area contributed by atoms with Gasteiger partial charge in [0.25, 0.3) is 0 Å². The van der Waals surface area contributed by atoms with Gasteiger partial charge in [0.1, 0.15) is 30.4 Å². The maximum atomic E-state index is 10.3. The predicted molar refractivity (Wildman–Crippen MR) is 118 cm³/mol. The van der Waals surface area contributed by atoms with Crippen molar-refractivity contribution in [3.8, 4) is 0 Å². The number of hydrogen-bond donors (Lipinski definition) is 0. The maximum Gasteiger partial charge on any atom is 3.00 e. The van der Waals surface area contributed by atoms with E-state index in [1.54, 1.807) is 0 Å². The molecular weight excluding hydrogens is 760 g/mol. The van der Waals surface area contributed by atoms with E-state index >= 15 is 0 Å². The normalized spacial score (nSPS) is 11.1. The second-order valence-corrected chi connectivity index (χ2v) is 11.2. The van der Waals surface area contributed by atoms with Gasteiger partial charge in [-0.2, -0.15) is 0 Å². The maximum absolute atomic E-state index is 10.3. The van der Waals surface area contributed by atoms with Gasteiger partial charge in [0.05, 0.1) is 14.7 Å². The molecule has 9 nitrogen and oxygen atoms in total. The smallest absolute Gasteiger partial charge is 0.744 e. The fourth-order valence-electron chi connectivity index (χ4n) is 1.80. The predicted octanol–water partition coefficient (Wildman–Crippen LogP) is 3.73. The van der Waals surface area contributed by atoms with Gasteiger partial charge < -0.3 is 13.7 Å². The minimum Gasteiger partial charge on any atom is -0.744 e. The quantitative estimate of drug-likeness (QED) is 0.284. The van der Waals surface area contributed by atoms with Crippen LogP contribution in [0.1, 0.15) is 0 Å². The van der Waals surface area contributed by atoms with E-state index in [0.717, 1.165) is 0 Å². The van der Waals surface area contributed by atoms with E-state index in [0.29, 0.717) is 15.1 Å². The molecule has 0 N–H and O–H groups in total. The zero-order valence-corrected chi connectivity index (χ0v) is 23.1. The molecule has 0 bridgehead atoms. The van der Waals surface area contributed by atoms with Gasteiger partial charge in [-0.15, -0.1) is 0 Å². The van der Waals surface area contributed by atoms with E-state index in [9.17, 15) is 38.9 Å². The van der Waals surface area contributed by atoms with Crippen LogP contribution in [0.5, 0.6) is 0 Å². The molecule has 0 aliphatic heterocycles. The first-order valence-electron chi connectivity index (χ1n) is 8.14. The molecule has 0 unspecified atom stereocenters. The Balaban J connectivity index is 0.000000473. The molecule has 34 heavy (non-hydrogen) atoms. The van der Waals surface area contributed by atoms with E-state index in [4.69, 9.17) is 34.8 Å². The van der Waals surface area contributed by atoms with Gasteiger partial charge in [-0.3, -0.25) is 0 Å². The molecule has 0 spiro atoms. The van der Waals surface area contributed by atoms with Gasteiger partial charge >= 0.3 is 22.4 Å². The van der Waals surface area contributed by atoms with Crippen molar-refractivity contribution in [3.05, 3.63) is 87.9 Å². The summed E-state index contributed by atoms with van der Waals surface area (Å²) in [5, 5.41) is 1.20. The van der Waals surface area contributed by atoms with Crippen LogP contribution in [0.4, 0.5) is 0 Å². The Bertz CT molecular complexity index is 1200. The molecule has 0 aliphatic carbocycles. The minimum atomic E-state index is -4.33. The average Bonchev–Trinajstić information content (AvgIpc) is 2.68. The molecule has 3 rings (SSSR count). The number of rotatable bonds is 3. The Morgan fingerprint density at radius 3 is 0.676 bits per heavy atom. The summed E-state index contributed by atoms with van der Waals surface area (Å²) < 4.78 is 93.1. The van der Waals surface area contributed by atoms with Gasteiger partial charge in [0, 0.05) is 15.1 Å². The number of hydrogen-bond acceptors (Lipinski definition) is 9. The molecule has 0 saturated heterocycles. The molecule has 0 aromatic heterocycles. The second kappa shape index (κ2) is 13.9. The van der Waals surface area contributed by atoms with Crippen molar-refractivity contribution in [3.63, 3.8) is 0 Å². The summed E-state index contributed by atoms with van der Waals surface area (Å²) in [6.07, 6.45) is 0. The van der Waals surface area contributed by atoms with Crippen LogP contribution in [0.25, 0.3) is 0 Å². The summed E-state index contributed by atoms with van der Waals surface area (Å²) in [6, 6.07) is 15.1. The average molecular weight is 772 g/mol. The summed E-state index contributed by atoms with van der Waals surface area (Å²) in [7, 11) is -13.0. The third-order valence-electron chi connectivity index (χ3n) is 3.31. The van der Waals surface area contributed by atoms with Gasteiger partial charge in [0.2, 0.25) is 0 Å². The van der Waals surface area contributed by atoms with Crippen molar-refractivity contribution in [2.45, 2.75) is 14.7 Å². The molecule has 0 heterocycles. The molecule has 3 aromatic rings. The summed E-state index contributed by atoms with van der Waals surface area (Å²) >= 11 is 16.4. The van der Waals surface area contributed by atoms with Crippen molar-refractivity contribution in [1.29, 1.82) is 0 Å². The van der Waals surface area contributed by atoms with E-state index in [1.807, 2.05) is 0 Å². The van der Waals surface area contributed by atoms with Gasteiger partial charge in [0.15, 0.2) is 0 Å². The monoisotopic (exact) mass is 770 g/mol. The molecule has 0 radical (unpaired) electrons. The van der Waals surface area contributed by atoms with Crippen LogP contribution in [0.3, 0.4) is 0 Å². The first kappa shape index (κ1) is 33.0. The standard InChI is InChI=1S/3C6H5ClO3S.Au/c3*7-5-1-3-6(4-2-5)11(8,9)10;/h3*1-4H,(H,8,9,10);/q;;;+3/p-3. The van der Waals surface area contributed by atoms with E-state index in [1.165, 1.54) is 72.8 Å². The third kappa shape index (κ3) is 12.6. The molecule has 3 aromatic carbocycles. The van der Waals surface area contributed by atoms with Crippen molar-refractivity contribution in [2.75, 3.05) is 0 Å². The summed E-state index contributed by atoms with van der Waals surface area (Å²) in [5.74, 6) is 0. The van der Waals surface area contributed by atoms with Crippen molar-refractivity contribution in [1.82, 2.24) is 0 Å². The van der Waals surface area contributed by atoms with Crippen LogP contribution < -0.4 is 0 Å². The van der Waals surface area contributed by atoms with Crippen LogP contribution in [-0.4, -0.2) is 38.9 Å². The van der Waals surface area contributed by atoms with E-state index < -0.39 is 30.4 Å². The van der Waals surface area contributed by atoms with Crippen LogP contribution >= 0.6 is 34.8 Å². The zero-order valence-electron chi connectivity index (χ0n) is 16.3. The molecule has 0 saturated carbocycles. The van der Waals surface area contributed by atoms with Crippen molar-refractivity contribution in [2.24, 2.45) is 0 Å². The Labute approximate surface area is 227 Å². The van der Waals surface area contributed by atoms with Gasteiger partial charge in [-0.25, -0.2) is 25.3 Å². The summed E-state index contributed by atoms with van der Waals surface area (Å²) in [6.45, 7) is 0. The zero-order chi connectivity index (χ0) is 25.4.